The van der Waals surface area contributed by atoms with Crippen LogP contribution in [0.25, 0.3) is 5.82 Å². The van der Waals surface area contributed by atoms with E-state index < -0.39 is 11.7 Å². The predicted octanol–water partition coefficient (Wildman–Crippen LogP) is 3.21. The Kier molecular flexibility index (Phi) is 3.49. The lowest BCUT2D eigenvalue weighted by molar-refractivity contribution is -0.137. The molecular formula is C11H10ClF3N4. The van der Waals surface area contributed by atoms with Crippen molar-refractivity contribution in [3.63, 3.8) is 0 Å². The standard InChI is InChI=1S/C11H10ClF3N4/c1-3-8-17-9(12)6(2)10(18-8)19-5-7(4-16-19)11(13,14)15/h4-5H,3H2,1-2H3. The van der Waals surface area contributed by atoms with Crippen LogP contribution in [0.4, 0.5) is 13.2 Å². The minimum atomic E-state index is -4.43. The lowest BCUT2D eigenvalue weighted by atomic mass is 10.3. The maximum Gasteiger partial charge on any atom is 0.419 e. The Labute approximate surface area is 112 Å². The molecule has 0 aliphatic heterocycles. The van der Waals surface area contributed by atoms with Gasteiger partial charge in [-0.3, -0.25) is 0 Å². The van der Waals surface area contributed by atoms with Gasteiger partial charge in [-0.05, 0) is 6.92 Å². The van der Waals surface area contributed by atoms with Crippen molar-refractivity contribution in [1.29, 1.82) is 0 Å². The molecule has 8 heteroatoms. The fraction of sp³-hybridized carbons (Fsp3) is 0.364. The molecule has 2 rings (SSSR count). The van der Waals surface area contributed by atoms with Crippen LogP contribution in [0.5, 0.6) is 0 Å². The lowest BCUT2D eigenvalue weighted by Crippen LogP contribution is -2.07. The SMILES string of the molecule is CCc1nc(Cl)c(C)c(-n2cc(C(F)(F)F)cn2)n1. The highest BCUT2D eigenvalue weighted by atomic mass is 35.5. The normalized spacial score (nSPS) is 11.9. The first-order valence-electron chi connectivity index (χ1n) is 5.48. The molecule has 0 fully saturated rings. The Hall–Kier alpha value is -1.63. The maximum atomic E-state index is 12.5. The summed E-state index contributed by atoms with van der Waals surface area (Å²) in [6, 6.07) is 0. The summed E-state index contributed by atoms with van der Waals surface area (Å²) in [4.78, 5) is 8.18. The van der Waals surface area contributed by atoms with E-state index in [9.17, 15) is 13.2 Å². The molecule has 2 aromatic rings. The van der Waals surface area contributed by atoms with Gasteiger partial charge in [0, 0.05) is 18.2 Å². The summed E-state index contributed by atoms with van der Waals surface area (Å²) in [5, 5.41) is 3.89. The summed E-state index contributed by atoms with van der Waals surface area (Å²) >= 11 is 5.93. The second kappa shape index (κ2) is 4.80. The minimum absolute atomic E-state index is 0.214. The van der Waals surface area contributed by atoms with E-state index in [2.05, 4.69) is 15.1 Å². The summed E-state index contributed by atoms with van der Waals surface area (Å²) in [6.45, 7) is 3.46. The van der Waals surface area contributed by atoms with Gasteiger partial charge in [0.25, 0.3) is 0 Å². The van der Waals surface area contributed by atoms with Gasteiger partial charge in [-0.25, -0.2) is 14.6 Å². The van der Waals surface area contributed by atoms with Gasteiger partial charge in [0.1, 0.15) is 11.0 Å². The first-order chi connectivity index (χ1) is 8.82. The van der Waals surface area contributed by atoms with Crippen molar-refractivity contribution in [3.05, 3.63) is 34.5 Å². The van der Waals surface area contributed by atoms with E-state index in [0.717, 1.165) is 17.1 Å². The molecular weight excluding hydrogens is 281 g/mol. The fourth-order valence-electron chi connectivity index (χ4n) is 1.49. The number of hydrogen-bond acceptors (Lipinski definition) is 3. The van der Waals surface area contributed by atoms with Crippen LogP contribution >= 0.6 is 11.6 Å². The average Bonchev–Trinajstić information content (AvgIpc) is 2.81. The number of nitrogens with zero attached hydrogens (tertiary/aromatic N) is 4. The van der Waals surface area contributed by atoms with E-state index in [1.165, 1.54) is 0 Å². The summed E-state index contributed by atoms with van der Waals surface area (Å²) in [7, 11) is 0. The summed E-state index contributed by atoms with van der Waals surface area (Å²) in [6.07, 6.45) is -2.27. The van der Waals surface area contributed by atoms with Crippen molar-refractivity contribution in [2.75, 3.05) is 0 Å². The number of rotatable bonds is 2. The van der Waals surface area contributed by atoms with Crippen LogP contribution in [0.2, 0.25) is 5.15 Å². The van der Waals surface area contributed by atoms with E-state index >= 15 is 0 Å². The van der Waals surface area contributed by atoms with Gasteiger partial charge in [-0.1, -0.05) is 18.5 Å². The third kappa shape index (κ3) is 2.70. The molecule has 0 atom stereocenters. The minimum Gasteiger partial charge on any atom is -0.222 e. The molecule has 0 aromatic carbocycles. The first-order valence-corrected chi connectivity index (χ1v) is 5.86. The maximum absolute atomic E-state index is 12.5. The monoisotopic (exact) mass is 290 g/mol. The molecule has 0 radical (unpaired) electrons. The highest BCUT2D eigenvalue weighted by Gasteiger charge is 2.32. The summed E-state index contributed by atoms with van der Waals surface area (Å²) in [5.74, 6) is 0.710. The van der Waals surface area contributed by atoms with Crippen molar-refractivity contribution in [2.45, 2.75) is 26.4 Å². The molecule has 0 saturated carbocycles. The molecule has 2 aromatic heterocycles. The zero-order chi connectivity index (χ0) is 14.2. The highest BCUT2D eigenvalue weighted by Crippen LogP contribution is 2.29. The number of halogens is 4. The zero-order valence-electron chi connectivity index (χ0n) is 10.2. The van der Waals surface area contributed by atoms with Crippen molar-refractivity contribution < 1.29 is 13.2 Å². The van der Waals surface area contributed by atoms with Crippen molar-refractivity contribution in [2.24, 2.45) is 0 Å². The molecule has 0 bridgehead atoms. The second-order valence-corrected chi connectivity index (χ2v) is 4.26. The molecule has 0 aliphatic rings. The van der Waals surface area contributed by atoms with Crippen LogP contribution in [0.1, 0.15) is 23.9 Å². The fourth-order valence-corrected chi connectivity index (χ4v) is 1.67. The summed E-state index contributed by atoms with van der Waals surface area (Å²) < 4.78 is 38.7. The topological polar surface area (TPSA) is 43.6 Å². The van der Waals surface area contributed by atoms with E-state index in [0.29, 0.717) is 17.8 Å². The van der Waals surface area contributed by atoms with Gasteiger partial charge in [0.15, 0.2) is 5.82 Å². The quantitative estimate of drug-likeness (QED) is 0.798. The lowest BCUT2D eigenvalue weighted by Gasteiger charge is -2.08. The highest BCUT2D eigenvalue weighted by molar-refractivity contribution is 6.30. The third-order valence-corrected chi connectivity index (χ3v) is 2.92. The van der Waals surface area contributed by atoms with Gasteiger partial charge in [0.05, 0.1) is 11.8 Å². The van der Waals surface area contributed by atoms with Gasteiger partial charge in [0.2, 0.25) is 0 Å². The molecule has 4 nitrogen and oxygen atoms in total. The van der Waals surface area contributed by atoms with E-state index in [1.54, 1.807) is 6.92 Å². The Balaban J connectivity index is 2.53. The average molecular weight is 291 g/mol. The molecule has 0 saturated heterocycles. The van der Waals surface area contributed by atoms with Gasteiger partial charge < -0.3 is 0 Å². The van der Waals surface area contributed by atoms with Crippen LogP contribution in [-0.4, -0.2) is 19.7 Å². The van der Waals surface area contributed by atoms with Crippen LogP contribution in [-0.2, 0) is 12.6 Å². The number of aromatic nitrogens is 4. The third-order valence-electron chi connectivity index (χ3n) is 2.55. The Bertz CT molecular complexity index is 606. The first kappa shape index (κ1) is 13.8. The molecule has 2 heterocycles. The van der Waals surface area contributed by atoms with Gasteiger partial charge in [-0.2, -0.15) is 18.3 Å². The van der Waals surface area contributed by atoms with E-state index in [-0.39, 0.29) is 11.0 Å². The number of hydrogen-bond donors (Lipinski definition) is 0. The molecule has 19 heavy (non-hydrogen) atoms. The Morgan fingerprint density at radius 2 is 2.00 bits per heavy atom. The number of alkyl halides is 3. The Morgan fingerprint density at radius 3 is 2.53 bits per heavy atom. The van der Waals surface area contributed by atoms with Crippen molar-refractivity contribution >= 4 is 11.6 Å². The van der Waals surface area contributed by atoms with Crippen LogP contribution in [0.3, 0.4) is 0 Å². The predicted molar refractivity (Wildman–Crippen MR) is 63.3 cm³/mol. The zero-order valence-corrected chi connectivity index (χ0v) is 10.9. The van der Waals surface area contributed by atoms with Gasteiger partial charge >= 0.3 is 6.18 Å². The second-order valence-electron chi connectivity index (χ2n) is 3.90. The largest absolute Gasteiger partial charge is 0.419 e. The van der Waals surface area contributed by atoms with E-state index in [1.807, 2.05) is 6.92 Å². The molecule has 102 valence electrons. The van der Waals surface area contributed by atoms with Crippen molar-refractivity contribution in [1.82, 2.24) is 19.7 Å². The van der Waals surface area contributed by atoms with Crippen LogP contribution in [0.15, 0.2) is 12.4 Å². The molecule has 0 aliphatic carbocycles. The van der Waals surface area contributed by atoms with E-state index in [4.69, 9.17) is 11.6 Å². The number of aryl methyl sites for hydroxylation is 1. The molecule has 0 amide bonds. The van der Waals surface area contributed by atoms with Crippen molar-refractivity contribution in [3.8, 4) is 5.82 Å². The molecule has 0 spiro atoms. The van der Waals surface area contributed by atoms with Crippen LogP contribution < -0.4 is 0 Å². The molecule has 0 N–H and O–H groups in total. The smallest absolute Gasteiger partial charge is 0.222 e. The van der Waals surface area contributed by atoms with Gasteiger partial charge in [-0.15, -0.1) is 0 Å². The van der Waals surface area contributed by atoms with Crippen LogP contribution in [0, 0.1) is 6.92 Å². The summed E-state index contributed by atoms with van der Waals surface area (Å²) in [5.41, 5.74) is -0.352. The Morgan fingerprint density at radius 1 is 1.32 bits per heavy atom. The molecule has 0 unspecified atom stereocenters.